The van der Waals surface area contributed by atoms with Crippen LogP contribution in [0.2, 0.25) is 0 Å². The van der Waals surface area contributed by atoms with Crippen LogP contribution < -0.4 is 0 Å². The summed E-state index contributed by atoms with van der Waals surface area (Å²) in [7, 11) is 0. The number of nitrogens with zero attached hydrogens (tertiary/aromatic N) is 5. The first-order valence-electron chi connectivity index (χ1n) is 20.3. The Labute approximate surface area is 346 Å². The number of aromatic nitrogens is 5. The number of para-hydroxylation sites is 2. The molecule has 280 valence electrons. The molecule has 0 atom stereocenters. The predicted octanol–water partition coefficient (Wildman–Crippen LogP) is 13.9. The largest absolute Gasteiger partial charge is 0.309 e. The van der Waals surface area contributed by atoms with Crippen molar-refractivity contribution in [2.24, 2.45) is 0 Å². The molecule has 60 heavy (non-hydrogen) atoms. The zero-order valence-electron chi connectivity index (χ0n) is 32.4. The van der Waals surface area contributed by atoms with Crippen LogP contribution in [0.3, 0.4) is 0 Å². The molecule has 0 bridgehead atoms. The van der Waals surface area contributed by atoms with Crippen LogP contribution in [0, 0.1) is 0 Å². The van der Waals surface area contributed by atoms with E-state index in [0.717, 1.165) is 82.7 Å². The molecule has 0 spiro atoms. The van der Waals surface area contributed by atoms with Gasteiger partial charge in [-0.15, -0.1) is 0 Å². The second-order valence-electron chi connectivity index (χ2n) is 15.3. The van der Waals surface area contributed by atoms with Gasteiger partial charge in [-0.1, -0.05) is 182 Å². The number of hydrogen-bond donors (Lipinski definition) is 0. The third-order valence-corrected chi connectivity index (χ3v) is 11.8. The van der Waals surface area contributed by atoms with Gasteiger partial charge in [0.05, 0.1) is 22.1 Å². The second-order valence-corrected chi connectivity index (χ2v) is 15.3. The number of benzene rings is 9. The highest BCUT2D eigenvalue weighted by Gasteiger charge is 2.21. The second kappa shape index (κ2) is 13.8. The van der Waals surface area contributed by atoms with Gasteiger partial charge in [0.2, 0.25) is 5.95 Å². The van der Waals surface area contributed by atoms with Crippen molar-refractivity contribution in [1.82, 2.24) is 24.1 Å². The van der Waals surface area contributed by atoms with Gasteiger partial charge in [0, 0.05) is 43.7 Å². The van der Waals surface area contributed by atoms with E-state index in [-0.39, 0.29) is 0 Å². The van der Waals surface area contributed by atoms with Crippen molar-refractivity contribution in [3.63, 3.8) is 0 Å². The molecule has 5 heteroatoms. The van der Waals surface area contributed by atoms with Gasteiger partial charge in [0.25, 0.3) is 0 Å². The van der Waals surface area contributed by atoms with Gasteiger partial charge in [0.15, 0.2) is 11.6 Å². The first-order chi connectivity index (χ1) is 29.7. The van der Waals surface area contributed by atoms with Crippen LogP contribution in [-0.2, 0) is 0 Å². The van der Waals surface area contributed by atoms with Gasteiger partial charge >= 0.3 is 0 Å². The zero-order valence-corrected chi connectivity index (χ0v) is 32.4. The fourth-order valence-corrected chi connectivity index (χ4v) is 8.95. The summed E-state index contributed by atoms with van der Waals surface area (Å²) in [5, 5.41) is 7.00. The fourth-order valence-electron chi connectivity index (χ4n) is 8.95. The molecule has 0 saturated carbocycles. The highest BCUT2D eigenvalue weighted by atomic mass is 15.2. The van der Waals surface area contributed by atoms with E-state index in [0.29, 0.717) is 17.6 Å². The lowest BCUT2D eigenvalue weighted by atomic mass is 10.0. The molecule has 9 aromatic carbocycles. The molecule has 0 unspecified atom stereocenters. The molecule has 3 aromatic heterocycles. The van der Waals surface area contributed by atoms with Gasteiger partial charge in [0.1, 0.15) is 0 Å². The maximum Gasteiger partial charge on any atom is 0.238 e. The van der Waals surface area contributed by atoms with Gasteiger partial charge in [-0.2, -0.15) is 9.97 Å². The highest BCUT2D eigenvalue weighted by Crippen LogP contribution is 2.39. The lowest BCUT2D eigenvalue weighted by Gasteiger charge is -2.13. The van der Waals surface area contributed by atoms with Crippen LogP contribution in [0.25, 0.3) is 111 Å². The minimum atomic E-state index is 0.558. The van der Waals surface area contributed by atoms with E-state index in [2.05, 4.69) is 209 Å². The predicted molar refractivity (Wildman–Crippen MR) is 248 cm³/mol. The van der Waals surface area contributed by atoms with Crippen LogP contribution in [0.5, 0.6) is 0 Å². The Bertz CT molecular complexity index is 3530. The molecule has 12 rings (SSSR count). The Morgan fingerprint density at radius 3 is 1.52 bits per heavy atom. The normalized spacial score (nSPS) is 11.7. The standard InChI is InChI=1S/C55H35N5/c1-3-14-36(15-4-1)38-26-28-40(29-27-38)53-56-54(42-20-13-19-41(34-42)37-16-5-2-6-17-37)58-55(57-53)60-51-35-43(59-49-24-11-9-22-45(49)46-23-10-12-25-50(46)59)31-33-47(51)48-32-30-39-18-7-8-21-44(39)52(48)60/h1-35H. The van der Waals surface area contributed by atoms with E-state index in [1.165, 1.54) is 10.8 Å². The van der Waals surface area contributed by atoms with E-state index >= 15 is 0 Å². The Hall–Kier alpha value is -8.15. The molecule has 0 aliphatic rings. The molecule has 0 fully saturated rings. The quantitative estimate of drug-likeness (QED) is 0.169. The molecule has 3 heterocycles. The number of hydrogen-bond acceptors (Lipinski definition) is 3. The smallest absolute Gasteiger partial charge is 0.238 e. The van der Waals surface area contributed by atoms with Crippen LogP contribution in [0.1, 0.15) is 0 Å². The van der Waals surface area contributed by atoms with Crippen LogP contribution in [-0.4, -0.2) is 24.1 Å². The number of fused-ring (bicyclic) bond motifs is 8. The summed E-state index contributed by atoms with van der Waals surface area (Å²) in [6, 6.07) is 75.1. The Kier molecular flexibility index (Phi) is 7.78. The van der Waals surface area contributed by atoms with Crippen LogP contribution in [0.15, 0.2) is 212 Å². The van der Waals surface area contributed by atoms with E-state index < -0.39 is 0 Å². The average Bonchev–Trinajstić information content (AvgIpc) is 3.85. The minimum Gasteiger partial charge on any atom is -0.309 e. The molecule has 12 aromatic rings. The third-order valence-electron chi connectivity index (χ3n) is 11.8. The van der Waals surface area contributed by atoms with Crippen LogP contribution in [0.4, 0.5) is 0 Å². The molecule has 0 amide bonds. The SMILES string of the molecule is c1ccc(-c2ccc(-c3nc(-c4cccc(-c5ccccc5)c4)nc(-n4c5cc(-n6c7ccccc7c7ccccc76)ccc5c5ccc6ccccc6c54)n3)cc2)cc1. The average molecular weight is 766 g/mol. The Morgan fingerprint density at radius 1 is 0.283 bits per heavy atom. The first-order valence-corrected chi connectivity index (χ1v) is 20.3. The van der Waals surface area contributed by atoms with Crippen molar-refractivity contribution in [2.45, 2.75) is 0 Å². The monoisotopic (exact) mass is 765 g/mol. The van der Waals surface area contributed by atoms with Gasteiger partial charge in [-0.25, -0.2) is 4.98 Å². The van der Waals surface area contributed by atoms with Gasteiger partial charge in [-0.3, -0.25) is 4.57 Å². The summed E-state index contributed by atoms with van der Waals surface area (Å²) in [5.41, 5.74) is 11.8. The van der Waals surface area contributed by atoms with E-state index in [9.17, 15) is 0 Å². The van der Waals surface area contributed by atoms with Crippen molar-refractivity contribution in [3.8, 4) is 56.7 Å². The van der Waals surface area contributed by atoms with Crippen molar-refractivity contribution >= 4 is 54.4 Å². The summed E-state index contributed by atoms with van der Waals surface area (Å²) in [6.45, 7) is 0. The molecule has 0 N–H and O–H groups in total. The minimum absolute atomic E-state index is 0.558. The summed E-state index contributed by atoms with van der Waals surface area (Å²) < 4.78 is 4.64. The maximum absolute atomic E-state index is 5.40. The molecule has 0 aliphatic carbocycles. The number of rotatable bonds is 6. The van der Waals surface area contributed by atoms with E-state index in [1.807, 2.05) is 12.1 Å². The first kappa shape index (κ1) is 33.9. The Morgan fingerprint density at radius 2 is 0.800 bits per heavy atom. The molecule has 5 nitrogen and oxygen atoms in total. The lowest BCUT2D eigenvalue weighted by molar-refractivity contribution is 0.954. The fraction of sp³-hybridized carbons (Fsp3) is 0. The summed E-state index contributed by atoms with van der Waals surface area (Å²) in [4.78, 5) is 16.0. The molecule has 0 radical (unpaired) electrons. The topological polar surface area (TPSA) is 48.5 Å². The summed E-state index contributed by atoms with van der Waals surface area (Å²) >= 11 is 0. The van der Waals surface area contributed by atoms with E-state index in [1.54, 1.807) is 0 Å². The maximum atomic E-state index is 5.40. The van der Waals surface area contributed by atoms with E-state index in [4.69, 9.17) is 15.0 Å². The highest BCUT2D eigenvalue weighted by molar-refractivity contribution is 6.19. The summed E-state index contributed by atoms with van der Waals surface area (Å²) in [6.07, 6.45) is 0. The van der Waals surface area contributed by atoms with Crippen molar-refractivity contribution in [3.05, 3.63) is 212 Å². The van der Waals surface area contributed by atoms with Crippen molar-refractivity contribution < 1.29 is 0 Å². The third kappa shape index (κ3) is 5.52. The molecule has 0 aliphatic heterocycles. The van der Waals surface area contributed by atoms with Crippen molar-refractivity contribution in [2.75, 3.05) is 0 Å². The van der Waals surface area contributed by atoms with Crippen LogP contribution >= 0.6 is 0 Å². The van der Waals surface area contributed by atoms with Gasteiger partial charge < -0.3 is 4.57 Å². The summed E-state index contributed by atoms with van der Waals surface area (Å²) in [5.74, 6) is 1.77. The van der Waals surface area contributed by atoms with Crippen molar-refractivity contribution in [1.29, 1.82) is 0 Å². The zero-order chi connectivity index (χ0) is 39.6. The molecule has 0 saturated heterocycles. The Balaban J connectivity index is 1.14. The van der Waals surface area contributed by atoms with Gasteiger partial charge in [-0.05, 0) is 58.0 Å². The lowest BCUT2D eigenvalue weighted by Crippen LogP contribution is -2.07. The molecular weight excluding hydrogens is 731 g/mol. The molecular formula is C55H35N5.